The lowest BCUT2D eigenvalue weighted by Gasteiger charge is -2.32. The van der Waals surface area contributed by atoms with Crippen LogP contribution in [0.2, 0.25) is 0 Å². The molecule has 1 heteroatoms. The van der Waals surface area contributed by atoms with E-state index >= 15 is 0 Å². The first kappa shape index (κ1) is 8.54. The van der Waals surface area contributed by atoms with Crippen LogP contribution >= 0.6 is 0 Å². The van der Waals surface area contributed by atoms with E-state index in [1.165, 1.54) is 5.57 Å². The van der Waals surface area contributed by atoms with E-state index in [1.807, 2.05) is 6.08 Å². The van der Waals surface area contributed by atoms with Crippen LogP contribution in [-0.4, -0.2) is 6.04 Å². The minimum atomic E-state index is 0.235. The molecule has 0 aromatic rings. The van der Waals surface area contributed by atoms with Crippen LogP contribution < -0.4 is 5.73 Å². The molecule has 0 aliphatic heterocycles. The number of hydrogen-bond donors (Lipinski definition) is 1. The van der Waals surface area contributed by atoms with Gasteiger partial charge in [-0.3, -0.25) is 0 Å². The van der Waals surface area contributed by atoms with Gasteiger partial charge in [0.15, 0.2) is 0 Å². The van der Waals surface area contributed by atoms with Crippen LogP contribution in [0.4, 0.5) is 0 Å². The van der Waals surface area contributed by atoms with Gasteiger partial charge in [-0.05, 0) is 25.2 Å². The van der Waals surface area contributed by atoms with Crippen molar-refractivity contribution in [3.05, 3.63) is 24.3 Å². The van der Waals surface area contributed by atoms with E-state index in [4.69, 9.17) is 5.73 Å². The maximum absolute atomic E-state index is 5.91. The first-order valence-electron chi connectivity index (χ1n) is 4.13. The molecule has 0 heterocycles. The zero-order valence-corrected chi connectivity index (χ0v) is 7.43. The highest BCUT2D eigenvalue weighted by Crippen LogP contribution is 2.34. The summed E-state index contributed by atoms with van der Waals surface area (Å²) in [5.41, 5.74) is 7.47. The number of rotatable bonds is 1. The standard InChI is InChI=1S/C10H17N/c1-4-10(3)6-5-8(2)9(11)7-10/h4-5,9H,1,6-7,11H2,2-3H3. The third-order valence-corrected chi connectivity index (χ3v) is 2.65. The molecule has 0 saturated heterocycles. The molecule has 1 aliphatic rings. The number of allylic oxidation sites excluding steroid dienone is 2. The normalized spacial score (nSPS) is 38.1. The molecule has 0 bridgehead atoms. The smallest absolute Gasteiger partial charge is 0.0259 e. The lowest BCUT2D eigenvalue weighted by molar-refractivity contribution is 0.354. The summed E-state index contributed by atoms with van der Waals surface area (Å²) >= 11 is 0. The quantitative estimate of drug-likeness (QED) is 0.571. The van der Waals surface area contributed by atoms with Gasteiger partial charge in [0.25, 0.3) is 0 Å². The second kappa shape index (κ2) is 2.82. The Morgan fingerprint density at radius 2 is 2.45 bits per heavy atom. The Morgan fingerprint density at radius 3 is 2.91 bits per heavy atom. The molecule has 0 aromatic heterocycles. The van der Waals surface area contributed by atoms with Crippen molar-refractivity contribution in [2.24, 2.45) is 11.1 Å². The molecule has 2 N–H and O–H groups in total. The van der Waals surface area contributed by atoms with Crippen LogP contribution in [-0.2, 0) is 0 Å². The zero-order chi connectivity index (χ0) is 8.48. The van der Waals surface area contributed by atoms with Crippen LogP contribution in [0.5, 0.6) is 0 Å². The van der Waals surface area contributed by atoms with Crippen molar-refractivity contribution in [3.8, 4) is 0 Å². The Kier molecular flexibility index (Phi) is 2.19. The van der Waals surface area contributed by atoms with E-state index in [0.717, 1.165) is 12.8 Å². The summed E-state index contributed by atoms with van der Waals surface area (Å²) in [4.78, 5) is 0. The maximum atomic E-state index is 5.91. The summed E-state index contributed by atoms with van der Waals surface area (Å²) in [5, 5.41) is 0. The SMILES string of the molecule is C=CC1(C)CC=C(C)C(N)C1. The van der Waals surface area contributed by atoms with Gasteiger partial charge in [0.05, 0.1) is 0 Å². The molecule has 2 atom stereocenters. The van der Waals surface area contributed by atoms with Gasteiger partial charge in [-0.15, -0.1) is 6.58 Å². The van der Waals surface area contributed by atoms with Crippen LogP contribution in [0.15, 0.2) is 24.3 Å². The minimum absolute atomic E-state index is 0.235. The molecule has 0 radical (unpaired) electrons. The van der Waals surface area contributed by atoms with Gasteiger partial charge in [-0.2, -0.15) is 0 Å². The second-order valence-corrected chi connectivity index (χ2v) is 3.82. The molecule has 0 amide bonds. The lowest BCUT2D eigenvalue weighted by atomic mass is 9.75. The molecule has 1 nitrogen and oxygen atoms in total. The average molecular weight is 151 g/mol. The van der Waals surface area contributed by atoms with E-state index < -0.39 is 0 Å². The van der Waals surface area contributed by atoms with Gasteiger partial charge < -0.3 is 5.73 Å². The Labute approximate surface area is 69.0 Å². The highest BCUT2D eigenvalue weighted by molar-refractivity contribution is 5.16. The first-order chi connectivity index (χ1) is 5.07. The fraction of sp³-hybridized carbons (Fsp3) is 0.600. The van der Waals surface area contributed by atoms with Gasteiger partial charge >= 0.3 is 0 Å². The van der Waals surface area contributed by atoms with Gasteiger partial charge in [-0.1, -0.05) is 24.6 Å². The van der Waals surface area contributed by atoms with E-state index in [-0.39, 0.29) is 11.5 Å². The van der Waals surface area contributed by atoms with Crippen molar-refractivity contribution in [2.45, 2.75) is 32.7 Å². The predicted molar refractivity (Wildman–Crippen MR) is 49.3 cm³/mol. The molecular formula is C10H17N. The summed E-state index contributed by atoms with van der Waals surface area (Å²) in [6, 6.07) is 0.242. The molecule has 62 valence electrons. The molecule has 2 unspecified atom stereocenters. The maximum Gasteiger partial charge on any atom is 0.0259 e. The zero-order valence-electron chi connectivity index (χ0n) is 7.43. The Bertz CT molecular complexity index is 193. The fourth-order valence-corrected chi connectivity index (χ4v) is 1.46. The fourth-order valence-electron chi connectivity index (χ4n) is 1.46. The van der Waals surface area contributed by atoms with Crippen LogP contribution in [0.3, 0.4) is 0 Å². The summed E-state index contributed by atoms with van der Waals surface area (Å²) < 4.78 is 0. The third-order valence-electron chi connectivity index (χ3n) is 2.65. The van der Waals surface area contributed by atoms with Gasteiger partial charge in [-0.25, -0.2) is 0 Å². The first-order valence-corrected chi connectivity index (χ1v) is 4.13. The summed E-state index contributed by atoms with van der Waals surface area (Å²) in [7, 11) is 0. The Balaban J connectivity index is 2.76. The van der Waals surface area contributed by atoms with Crippen LogP contribution in [0, 0.1) is 5.41 Å². The minimum Gasteiger partial charge on any atom is -0.324 e. The van der Waals surface area contributed by atoms with Crippen molar-refractivity contribution >= 4 is 0 Å². The topological polar surface area (TPSA) is 26.0 Å². The average Bonchev–Trinajstić information content (AvgIpc) is 1.98. The Morgan fingerprint density at radius 1 is 1.82 bits per heavy atom. The van der Waals surface area contributed by atoms with E-state index in [1.54, 1.807) is 0 Å². The molecule has 0 saturated carbocycles. The molecule has 0 aromatic carbocycles. The lowest BCUT2D eigenvalue weighted by Crippen LogP contribution is -2.32. The summed E-state index contributed by atoms with van der Waals surface area (Å²) in [6.45, 7) is 8.15. The molecule has 1 aliphatic carbocycles. The van der Waals surface area contributed by atoms with Crippen molar-refractivity contribution in [2.75, 3.05) is 0 Å². The van der Waals surface area contributed by atoms with Gasteiger partial charge in [0, 0.05) is 6.04 Å². The highest BCUT2D eigenvalue weighted by Gasteiger charge is 2.26. The summed E-state index contributed by atoms with van der Waals surface area (Å²) in [6.07, 6.45) is 6.39. The van der Waals surface area contributed by atoms with Crippen LogP contribution in [0.25, 0.3) is 0 Å². The second-order valence-electron chi connectivity index (χ2n) is 3.82. The van der Waals surface area contributed by atoms with Gasteiger partial charge in [0.2, 0.25) is 0 Å². The highest BCUT2D eigenvalue weighted by atomic mass is 14.6. The van der Waals surface area contributed by atoms with Crippen molar-refractivity contribution in [1.29, 1.82) is 0 Å². The van der Waals surface area contributed by atoms with Crippen molar-refractivity contribution in [3.63, 3.8) is 0 Å². The predicted octanol–water partition coefficient (Wildman–Crippen LogP) is 2.25. The molecular weight excluding hydrogens is 134 g/mol. The van der Waals surface area contributed by atoms with Crippen LogP contribution in [0.1, 0.15) is 26.7 Å². The van der Waals surface area contributed by atoms with Crippen molar-refractivity contribution in [1.82, 2.24) is 0 Å². The molecule has 11 heavy (non-hydrogen) atoms. The largest absolute Gasteiger partial charge is 0.324 e. The number of hydrogen-bond acceptors (Lipinski definition) is 1. The number of nitrogens with two attached hydrogens (primary N) is 1. The van der Waals surface area contributed by atoms with E-state index in [0.29, 0.717) is 0 Å². The summed E-state index contributed by atoms with van der Waals surface area (Å²) in [5.74, 6) is 0. The molecule has 1 rings (SSSR count). The van der Waals surface area contributed by atoms with Crippen molar-refractivity contribution < 1.29 is 0 Å². The monoisotopic (exact) mass is 151 g/mol. The third kappa shape index (κ3) is 1.72. The Hall–Kier alpha value is -0.560. The van der Waals surface area contributed by atoms with Gasteiger partial charge in [0.1, 0.15) is 0 Å². The molecule has 0 spiro atoms. The van der Waals surface area contributed by atoms with E-state index in [9.17, 15) is 0 Å². The van der Waals surface area contributed by atoms with E-state index in [2.05, 4.69) is 26.5 Å². The molecule has 0 fully saturated rings.